The van der Waals surface area contributed by atoms with E-state index in [4.69, 9.17) is 9.51 Å². The van der Waals surface area contributed by atoms with Crippen LogP contribution in [0.1, 0.15) is 34.1 Å². The van der Waals surface area contributed by atoms with E-state index in [1.165, 1.54) is 4.88 Å². The van der Waals surface area contributed by atoms with Crippen LogP contribution >= 0.6 is 22.7 Å². The summed E-state index contributed by atoms with van der Waals surface area (Å²) in [5, 5.41) is 6.97. The minimum atomic E-state index is -0.00856. The molecule has 0 N–H and O–H groups in total. The molecule has 3 aromatic rings. The molecule has 0 saturated heterocycles. The second kappa shape index (κ2) is 6.92. The zero-order chi connectivity index (χ0) is 18.3. The number of fused-ring (bicyclic) bond motifs is 1. The van der Waals surface area contributed by atoms with Crippen LogP contribution in [0.25, 0.3) is 10.6 Å². The van der Waals surface area contributed by atoms with E-state index in [0.29, 0.717) is 13.0 Å². The average molecular weight is 389 g/mol. The first kappa shape index (κ1) is 17.4. The molecule has 4 rings (SSSR count). The maximum absolute atomic E-state index is 12.8. The van der Waals surface area contributed by atoms with Gasteiger partial charge in [-0.1, -0.05) is 5.16 Å². The summed E-state index contributed by atoms with van der Waals surface area (Å²) in [5.41, 5.74) is 5.65. The van der Waals surface area contributed by atoms with E-state index < -0.39 is 0 Å². The van der Waals surface area contributed by atoms with E-state index in [1.807, 2.05) is 26.3 Å². The van der Waals surface area contributed by atoms with Gasteiger partial charge in [-0.25, -0.2) is 9.97 Å². The van der Waals surface area contributed by atoms with E-state index >= 15 is 0 Å². The topological polar surface area (TPSA) is 72.1 Å². The summed E-state index contributed by atoms with van der Waals surface area (Å²) in [5.74, 6) is 0.963. The van der Waals surface area contributed by atoms with Gasteiger partial charge in [0.1, 0.15) is 10.8 Å². The Hall–Kier alpha value is -2.06. The van der Waals surface area contributed by atoms with Crippen LogP contribution in [0.5, 0.6) is 0 Å². The Bertz CT molecular complexity index is 910. The first-order chi connectivity index (χ1) is 12.5. The molecule has 3 aromatic heterocycles. The first-order valence-corrected chi connectivity index (χ1v) is 10.3. The van der Waals surface area contributed by atoms with Gasteiger partial charge in [0.05, 0.1) is 34.7 Å². The van der Waals surface area contributed by atoms with Crippen molar-refractivity contribution in [2.24, 2.45) is 5.92 Å². The molecule has 1 aliphatic rings. The second-order valence-electron chi connectivity index (χ2n) is 6.70. The number of aromatic nitrogens is 3. The molecule has 8 heteroatoms. The molecule has 0 fully saturated rings. The highest BCUT2D eigenvalue weighted by atomic mass is 32.1. The molecule has 0 aromatic carbocycles. The van der Waals surface area contributed by atoms with Gasteiger partial charge in [-0.05, 0) is 26.7 Å². The van der Waals surface area contributed by atoms with Crippen molar-refractivity contribution in [1.29, 1.82) is 0 Å². The minimum absolute atomic E-state index is 0.00856. The van der Waals surface area contributed by atoms with E-state index in [9.17, 15) is 4.79 Å². The quantitative estimate of drug-likeness (QED) is 0.682. The van der Waals surface area contributed by atoms with Crippen LogP contribution in [-0.2, 0) is 24.2 Å². The van der Waals surface area contributed by atoms with E-state index in [2.05, 4.69) is 10.1 Å². The van der Waals surface area contributed by atoms with Crippen LogP contribution in [0, 0.1) is 19.8 Å². The summed E-state index contributed by atoms with van der Waals surface area (Å²) in [6.07, 6.45) is 2.48. The zero-order valence-corrected chi connectivity index (χ0v) is 16.6. The van der Waals surface area contributed by atoms with Gasteiger partial charge in [-0.15, -0.1) is 22.7 Å². The number of nitrogens with zero attached hydrogens (tertiary/aromatic N) is 4. The minimum Gasteiger partial charge on any atom is -0.361 e. The van der Waals surface area contributed by atoms with E-state index in [0.717, 1.165) is 46.3 Å². The van der Waals surface area contributed by atoms with Crippen molar-refractivity contribution in [3.8, 4) is 10.6 Å². The predicted molar refractivity (Wildman–Crippen MR) is 101 cm³/mol. The van der Waals surface area contributed by atoms with Crippen molar-refractivity contribution in [1.82, 2.24) is 20.0 Å². The molecule has 26 heavy (non-hydrogen) atoms. The maximum Gasteiger partial charge on any atom is 0.226 e. The molecule has 1 unspecified atom stereocenters. The van der Waals surface area contributed by atoms with Crippen molar-refractivity contribution in [2.75, 3.05) is 7.05 Å². The zero-order valence-electron chi connectivity index (χ0n) is 15.0. The van der Waals surface area contributed by atoms with Crippen LogP contribution < -0.4 is 0 Å². The molecular formula is C18H20N4O2S2. The summed E-state index contributed by atoms with van der Waals surface area (Å²) in [6.45, 7) is 4.41. The fourth-order valence-electron chi connectivity index (χ4n) is 3.43. The lowest BCUT2D eigenvalue weighted by Gasteiger charge is -2.25. The Morgan fingerprint density at radius 3 is 2.96 bits per heavy atom. The third kappa shape index (κ3) is 3.19. The summed E-state index contributed by atoms with van der Waals surface area (Å²) < 4.78 is 5.27. The molecule has 0 saturated carbocycles. The monoisotopic (exact) mass is 388 g/mol. The Kier molecular flexibility index (Phi) is 4.62. The van der Waals surface area contributed by atoms with Crippen molar-refractivity contribution < 1.29 is 9.32 Å². The summed E-state index contributed by atoms with van der Waals surface area (Å²) >= 11 is 3.26. The molecule has 1 amide bonds. The molecule has 1 aliphatic carbocycles. The van der Waals surface area contributed by atoms with Crippen molar-refractivity contribution in [2.45, 2.75) is 39.7 Å². The lowest BCUT2D eigenvalue weighted by atomic mass is 9.90. The number of rotatable bonds is 4. The lowest BCUT2D eigenvalue weighted by molar-refractivity contribution is -0.135. The fourth-order valence-corrected chi connectivity index (χ4v) is 5.23. The van der Waals surface area contributed by atoms with Gasteiger partial charge >= 0.3 is 0 Å². The predicted octanol–water partition coefficient (Wildman–Crippen LogP) is 3.63. The molecule has 0 radical (unpaired) electrons. The van der Waals surface area contributed by atoms with E-state index in [-0.39, 0.29) is 11.8 Å². The van der Waals surface area contributed by atoms with Crippen LogP contribution in [0.3, 0.4) is 0 Å². The molecule has 3 heterocycles. The number of aryl methyl sites for hydroxylation is 3. The van der Waals surface area contributed by atoms with Gasteiger partial charge in [-0.3, -0.25) is 4.79 Å². The molecule has 0 bridgehead atoms. The highest BCUT2D eigenvalue weighted by Crippen LogP contribution is 2.37. The normalized spacial score (nSPS) is 16.5. The highest BCUT2D eigenvalue weighted by molar-refractivity contribution is 7.15. The standard InChI is InChI=1S/C18H20N4O2S2/c1-10-16(11(2)24-21-10)17-20-14-6-12(4-5-15(14)26-17)18(23)22(3)7-13-8-25-9-19-13/h8-9,12H,4-7H2,1-3H3. The smallest absolute Gasteiger partial charge is 0.226 e. The number of carbonyl (C=O) groups is 1. The van der Waals surface area contributed by atoms with Gasteiger partial charge in [0, 0.05) is 29.6 Å². The van der Waals surface area contributed by atoms with Gasteiger partial charge in [0.15, 0.2) is 0 Å². The SMILES string of the molecule is Cc1noc(C)c1-c1nc2c(s1)CCC(C(=O)N(C)Cc1cscn1)C2. The largest absolute Gasteiger partial charge is 0.361 e. The van der Waals surface area contributed by atoms with E-state index in [1.54, 1.807) is 33.1 Å². The highest BCUT2D eigenvalue weighted by Gasteiger charge is 2.30. The van der Waals surface area contributed by atoms with Gasteiger partial charge in [0.2, 0.25) is 5.91 Å². The van der Waals surface area contributed by atoms with Gasteiger partial charge in [-0.2, -0.15) is 0 Å². The Morgan fingerprint density at radius 2 is 2.27 bits per heavy atom. The third-order valence-electron chi connectivity index (χ3n) is 4.79. The van der Waals surface area contributed by atoms with Crippen LogP contribution in [-0.4, -0.2) is 33.0 Å². The summed E-state index contributed by atoms with van der Waals surface area (Å²) in [4.78, 5) is 25.0. The molecule has 1 atom stereocenters. The number of hydrogen-bond acceptors (Lipinski definition) is 7. The Balaban J connectivity index is 1.50. The molecule has 0 spiro atoms. The Labute approximate surface area is 159 Å². The van der Waals surface area contributed by atoms with Gasteiger partial charge < -0.3 is 9.42 Å². The molecule has 136 valence electrons. The van der Waals surface area contributed by atoms with Crippen LogP contribution in [0.4, 0.5) is 0 Å². The van der Waals surface area contributed by atoms with Gasteiger partial charge in [0.25, 0.3) is 0 Å². The second-order valence-corrected chi connectivity index (χ2v) is 8.50. The Morgan fingerprint density at radius 1 is 1.42 bits per heavy atom. The van der Waals surface area contributed by atoms with Crippen molar-refractivity contribution >= 4 is 28.6 Å². The lowest BCUT2D eigenvalue weighted by Crippen LogP contribution is -2.35. The number of thiazole rings is 2. The fraction of sp³-hybridized carbons (Fsp3) is 0.444. The molecule has 6 nitrogen and oxygen atoms in total. The van der Waals surface area contributed by atoms with Crippen molar-refractivity contribution in [3.05, 3.63) is 38.6 Å². The third-order valence-corrected chi connectivity index (χ3v) is 6.60. The van der Waals surface area contributed by atoms with Crippen LogP contribution in [0.15, 0.2) is 15.4 Å². The summed E-state index contributed by atoms with van der Waals surface area (Å²) in [7, 11) is 1.85. The number of hydrogen-bond donors (Lipinski definition) is 0. The first-order valence-electron chi connectivity index (χ1n) is 8.56. The average Bonchev–Trinajstić information content (AvgIpc) is 3.34. The van der Waals surface area contributed by atoms with Crippen molar-refractivity contribution in [3.63, 3.8) is 0 Å². The number of carbonyl (C=O) groups excluding carboxylic acids is 1. The maximum atomic E-state index is 12.8. The van der Waals surface area contributed by atoms with Crippen LogP contribution in [0.2, 0.25) is 0 Å². The number of amides is 1. The molecule has 0 aliphatic heterocycles. The molecular weight excluding hydrogens is 368 g/mol. The summed E-state index contributed by atoms with van der Waals surface area (Å²) in [6, 6.07) is 0.